The zero-order valence-electron chi connectivity index (χ0n) is 13.4. The molecule has 1 aliphatic rings. The van der Waals surface area contributed by atoms with E-state index in [2.05, 4.69) is 10.3 Å². The average molecular weight is 363 g/mol. The molecular weight excluding hydrogens is 345 g/mol. The first-order valence-electron chi connectivity index (χ1n) is 7.93. The van der Waals surface area contributed by atoms with E-state index in [4.69, 9.17) is 0 Å². The van der Waals surface area contributed by atoms with Gasteiger partial charge in [0, 0.05) is 19.3 Å². The monoisotopic (exact) mass is 363 g/mol. The fraction of sp³-hybridized carbons (Fsp3) is 0.294. The third-order valence-corrected chi connectivity index (χ3v) is 6.01. The number of benzene rings is 1. The van der Waals surface area contributed by atoms with Crippen molar-refractivity contribution < 1.29 is 17.6 Å². The molecule has 0 unspecified atom stereocenters. The van der Waals surface area contributed by atoms with Crippen LogP contribution in [0.15, 0.2) is 53.7 Å². The van der Waals surface area contributed by atoms with Gasteiger partial charge in [-0.25, -0.2) is 12.8 Å². The highest BCUT2D eigenvalue weighted by Crippen LogP contribution is 2.24. The summed E-state index contributed by atoms with van der Waals surface area (Å²) in [4.78, 5) is 16.4. The summed E-state index contributed by atoms with van der Waals surface area (Å²) < 4.78 is 39.7. The highest BCUT2D eigenvalue weighted by atomic mass is 32.2. The first kappa shape index (κ1) is 17.5. The van der Waals surface area contributed by atoms with Crippen molar-refractivity contribution in [2.75, 3.05) is 18.4 Å². The van der Waals surface area contributed by atoms with Crippen LogP contribution in [0.25, 0.3) is 0 Å². The number of sulfonamides is 1. The molecule has 1 aromatic carbocycles. The van der Waals surface area contributed by atoms with Crippen molar-refractivity contribution in [3.63, 3.8) is 0 Å². The molecule has 0 spiro atoms. The number of piperidine rings is 1. The number of nitrogens with zero attached hydrogens (tertiary/aromatic N) is 2. The molecule has 1 saturated heterocycles. The molecule has 132 valence electrons. The van der Waals surface area contributed by atoms with E-state index in [1.807, 2.05) is 0 Å². The molecule has 1 atom stereocenters. The minimum Gasteiger partial charge on any atom is -0.324 e. The Balaban J connectivity index is 1.72. The number of halogens is 1. The number of carbonyl (C=O) groups excluding carboxylic acids is 1. The number of amides is 1. The molecule has 2 aromatic rings. The second-order valence-corrected chi connectivity index (χ2v) is 7.83. The summed E-state index contributed by atoms with van der Waals surface area (Å²) in [5.41, 5.74) is 0.575. The van der Waals surface area contributed by atoms with Gasteiger partial charge in [-0.2, -0.15) is 4.31 Å². The molecule has 8 heteroatoms. The van der Waals surface area contributed by atoms with Gasteiger partial charge in [-0.05, 0) is 49.2 Å². The van der Waals surface area contributed by atoms with Crippen LogP contribution in [0.3, 0.4) is 0 Å². The van der Waals surface area contributed by atoms with Crippen LogP contribution in [-0.4, -0.2) is 36.7 Å². The lowest BCUT2D eigenvalue weighted by Crippen LogP contribution is -2.43. The van der Waals surface area contributed by atoms with Gasteiger partial charge in [0.05, 0.1) is 22.7 Å². The fourth-order valence-electron chi connectivity index (χ4n) is 2.81. The quantitative estimate of drug-likeness (QED) is 0.904. The van der Waals surface area contributed by atoms with Gasteiger partial charge < -0.3 is 5.32 Å². The number of carbonyl (C=O) groups is 1. The van der Waals surface area contributed by atoms with Gasteiger partial charge in [0.25, 0.3) is 0 Å². The molecular formula is C17H18FN3O3S. The van der Waals surface area contributed by atoms with Crippen molar-refractivity contribution in [1.82, 2.24) is 9.29 Å². The lowest BCUT2D eigenvalue weighted by atomic mass is 9.99. The first-order chi connectivity index (χ1) is 12.0. The lowest BCUT2D eigenvalue weighted by molar-refractivity contribution is -0.120. The third-order valence-electron chi connectivity index (χ3n) is 4.14. The Hall–Kier alpha value is -2.32. The SMILES string of the molecule is O=C(Nc1cccnc1)[C@@H]1CCCN(S(=O)(=O)c2ccc(F)cc2)C1. The summed E-state index contributed by atoms with van der Waals surface area (Å²) in [6.07, 6.45) is 4.34. The van der Waals surface area contributed by atoms with Gasteiger partial charge in [0.2, 0.25) is 15.9 Å². The predicted molar refractivity (Wildman–Crippen MR) is 90.7 cm³/mol. The minimum atomic E-state index is -3.74. The normalized spacial score (nSPS) is 18.7. The summed E-state index contributed by atoms with van der Waals surface area (Å²) in [5, 5.41) is 2.76. The summed E-state index contributed by atoms with van der Waals surface area (Å²) in [6.45, 7) is 0.447. The topological polar surface area (TPSA) is 79.4 Å². The fourth-order valence-corrected chi connectivity index (χ4v) is 4.34. The van der Waals surface area contributed by atoms with E-state index in [1.165, 1.54) is 22.6 Å². The van der Waals surface area contributed by atoms with Crippen molar-refractivity contribution in [1.29, 1.82) is 0 Å². The van der Waals surface area contributed by atoms with Gasteiger partial charge in [-0.3, -0.25) is 9.78 Å². The molecule has 25 heavy (non-hydrogen) atoms. The number of aromatic nitrogens is 1. The molecule has 1 amide bonds. The van der Waals surface area contributed by atoms with Gasteiger partial charge in [-0.1, -0.05) is 0 Å². The molecule has 0 aliphatic carbocycles. The van der Waals surface area contributed by atoms with Crippen LogP contribution in [-0.2, 0) is 14.8 Å². The molecule has 1 aromatic heterocycles. The second kappa shape index (κ2) is 7.28. The summed E-state index contributed by atoms with van der Waals surface area (Å²) in [7, 11) is -3.74. The number of rotatable bonds is 4. The molecule has 0 radical (unpaired) electrons. The first-order valence-corrected chi connectivity index (χ1v) is 9.37. The molecule has 6 nitrogen and oxygen atoms in total. The summed E-state index contributed by atoms with van der Waals surface area (Å²) in [6, 6.07) is 8.14. The molecule has 1 fully saturated rings. The van der Waals surface area contributed by atoms with Crippen molar-refractivity contribution in [2.24, 2.45) is 5.92 Å². The highest BCUT2D eigenvalue weighted by Gasteiger charge is 2.33. The number of hydrogen-bond acceptors (Lipinski definition) is 4. The Morgan fingerprint density at radius 3 is 2.68 bits per heavy atom. The van der Waals surface area contributed by atoms with Crippen LogP contribution < -0.4 is 5.32 Å². The molecule has 0 bridgehead atoms. The molecule has 0 saturated carbocycles. The van der Waals surface area contributed by atoms with Crippen LogP contribution >= 0.6 is 0 Å². The second-order valence-electron chi connectivity index (χ2n) is 5.89. The van der Waals surface area contributed by atoms with Crippen LogP contribution in [0, 0.1) is 11.7 Å². The van der Waals surface area contributed by atoms with Crippen molar-refractivity contribution in [3.05, 3.63) is 54.6 Å². The minimum absolute atomic E-state index is 0.0298. The van der Waals surface area contributed by atoms with Crippen LogP contribution in [0.2, 0.25) is 0 Å². The summed E-state index contributed by atoms with van der Waals surface area (Å²) >= 11 is 0. The third kappa shape index (κ3) is 4.02. The average Bonchev–Trinajstić information content (AvgIpc) is 2.63. The van der Waals surface area contributed by atoms with Crippen LogP contribution in [0.4, 0.5) is 10.1 Å². The van der Waals surface area contributed by atoms with E-state index in [9.17, 15) is 17.6 Å². The number of nitrogens with one attached hydrogen (secondary N) is 1. The van der Waals surface area contributed by atoms with Crippen LogP contribution in [0.1, 0.15) is 12.8 Å². The van der Waals surface area contributed by atoms with E-state index >= 15 is 0 Å². The van der Waals surface area contributed by atoms with Crippen molar-refractivity contribution in [3.8, 4) is 0 Å². The van der Waals surface area contributed by atoms with Crippen molar-refractivity contribution >= 4 is 21.6 Å². The molecule has 1 aliphatic heterocycles. The predicted octanol–water partition coefficient (Wildman–Crippen LogP) is 2.26. The Labute approximate surface area is 145 Å². The highest BCUT2D eigenvalue weighted by molar-refractivity contribution is 7.89. The molecule has 1 N–H and O–H groups in total. The Bertz CT molecular complexity index is 841. The van der Waals surface area contributed by atoms with Crippen molar-refractivity contribution in [2.45, 2.75) is 17.7 Å². The lowest BCUT2D eigenvalue weighted by Gasteiger charge is -2.31. The number of hydrogen-bond donors (Lipinski definition) is 1. The smallest absolute Gasteiger partial charge is 0.243 e. The Morgan fingerprint density at radius 2 is 2.00 bits per heavy atom. The maximum absolute atomic E-state index is 13.0. The van der Waals surface area contributed by atoms with Crippen LogP contribution in [0.5, 0.6) is 0 Å². The molecule has 2 heterocycles. The van der Waals surface area contributed by atoms with E-state index < -0.39 is 21.8 Å². The van der Waals surface area contributed by atoms with Gasteiger partial charge in [-0.15, -0.1) is 0 Å². The summed E-state index contributed by atoms with van der Waals surface area (Å²) in [5.74, 6) is -1.16. The largest absolute Gasteiger partial charge is 0.324 e. The van der Waals surface area contributed by atoms with E-state index in [0.717, 1.165) is 12.1 Å². The zero-order valence-corrected chi connectivity index (χ0v) is 14.2. The standard InChI is InChI=1S/C17H18FN3O3S/c18-14-5-7-16(8-6-14)25(23,24)21-10-2-3-13(12-21)17(22)20-15-4-1-9-19-11-15/h1,4-9,11,13H,2-3,10,12H2,(H,20,22)/t13-/m1/s1. The van der Waals surface area contributed by atoms with Gasteiger partial charge in [0.15, 0.2) is 0 Å². The zero-order chi connectivity index (χ0) is 17.9. The van der Waals surface area contributed by atoms with E-state index in [1.54, 1.807) is 18.3 Å². The van der Waals surface area contributed by atoms with Gasteiger partial charge in [0.1, 0.15) is 5.82 Å². The number of anilines is 1. The van der Waals surface area contributed by atoms with E-state index in [0.29, 0.717) is 25.1 Å². The Kier molecular flexibility index (Phi) is 5.10. The maximum Gasteiger partial charge on any atom is 0.243 e. The Morgan fingerprint density at radius 1 is 1.24 bits per heavy atom. The van der Waals surface area contributed by atoms with E-state index in [-0.39, 0.29) is 17.3 Å². The number of pyridine rings is 1. The molecule has 3 rings (SSSR count). The maximum atomic E-state index is 13.0. The van der Waals surface area contributed by atoms with Gasteiger partial charge >= 0.3 is 0 Å².